The Bertz CT molecular complexity index is 1180. The van der Waals surface area contributed by atoms with Crippen LogP contribution in [0.5, 0.6) is 0 Å². The topological polar surface area (TPSA) is 47.8 Å². The summed E-state index contributed by atoms with van der Waals surface area (Å²) in [7, 11) is 0. The molecule has 4 aromatic rings. The van der Waals surface area contributed by atoms with Crippen LogP contribution in [0.4, 0.5) is 0 Å². The summed E-state index contributed by atoms with van der Waals surface area (Å²) >= 11 is 6.10. The zero-order valence-corrected chi connectivity index (χ0v) is 15.2. The van der Waals surface area contributed by atoms with E-state index in [0.717, 1.165) is 11.1 Å². The normalized spacial score (nSPS) is 11.3. The molecule has 0 aliphatic rings. The number of aromatic nitrogens is 3. The van der Waals surface area contributed by atoms with Crippen molar-refractivity contribution in [1.82, 2.24) is 14.5 Å². The van der Waals surface area contributed by atoms with Crippen molar-refractivity contribution >= 4 is 34.7 Å². The van der Waals surface area contributed by atoms with E-state index in [1.165, 1.54) is 0 Å². The van der Waals surface area contributed by atoms with Crippen molar-refractivity contribution in [2.24, 2.45) is 0 Å². The van der Waals surface area contributed by atoms with Gasteiger partial charge in [-0.3, -0.25) is 14.3 Å². The number of nitrogens with zero attached hydrogens (tertiary/aromatic N) is 3. The Kier molecular flexibility index (Phi) is 4.81. The number of pyridine rings is 1. The molecular weight excluding hydrogens is 358 g/mol. The Morgan fingerprint density at radius 2 is 1.89 bits per heavy atom. The van der Waals surface area contributed by atoms with Gasteiger partial charge >= 0.3 is 0 Å². The summed E-state index contributed by atoms with van der Waals surface area (Å²) in [6, 6.07) is 18.7. The molecule has 0 fully saturated rings. The molecule has 0 N–H and O–H groups in total. The fourth-order valence-corrected chi connectivity index (χ4v) is 3.14. The minimum atomic E-state index is -0.0774. The van der Waals surface area contributed by atoms with Crippen LogP contribution < -0.4 is 5.56 Å². The molecule has 2 aromatic carbocycles. The molecule has 4 rings (SSSR count). The van der Waals surface area contributed by atoms with Crippen LogP contribution in [0.1, 0.15) is 17.0 Å². The van der Waals surface area contributed by atoms with Gasteiger partial charge in [-0.05, 0) is 53.6 Å². The molecule has 5 heteroatoms. The number of para-hydroxylation sites is 1. The van der Waals surface area contributed by atoms with Crippen LogP contribution >= 0.6 is 11.6 Å². The number of halogens is 1. The fourth-order valence-electron chi connectivity index (χ4n) is 2.93. The summed E-state index contributed by atoms with van der Waals surface area (Å²) in [5.74, 6) is 0.586. The lowest BCUT2D eigenvalue weighted by atomic mass is 10.2. The van der Waals surface area contributed by atoms with E-state index < -0.39 is 0 Å². The molecule has 0 radical (unpaired) electrons. The second kappa shape index (κ2) is 7.56. The lowest BCUT2D eigenvalue weighted by Crippen LogP contribution is -2.24. The number of rotatable bonds is 4. The Hall–Kier alpha value is -3.24. The highest BCUT2D eigenvalue weighted by Gasteiger charge is 2.10. The summed E-state index contributed by atoms with van der Waals surface area (Å²) in [6.07, 6.45) is 7.23. The van der Waals surface area contributed by atoms with Gasteiger partial charge in [0.05, 0.1) is 17.4 Å². The van der Waals surface area contributed by atoms with Crippen LogP contribution in [0.3, 0.4) is 0 Å². The molecule has 0 aliphatic heterocycles. The molecule has 2 aromatic heterocycles. The SMILES string of the molecule is O=c1c2ccccc2nc(/C=C/c2cccnc2)n1Cc1cccc(Cl)c1. The van der Waals surface area contributed by atoms with Gasteiger partial charge in [-0.15, -0.1) is 0 Å². The van der Waals surface area contributed by atoms with Gasteiger partial charge in [0.15, 0.2) is 0 Å². The third-order valence-electron chi connectivity index (χ3n) is 4.23. The maximum absolute atomic E-state index is 13.1. The molecule has 0 bridgehead atoms. The van der Waals surface area contributed by atoms with Crippen LogP contribution in [0, 0.1) is 0 Å². The van der Waals surface area contributed by atoms with E-state index in [1.54, 1.807) is 23.0 Å². The molecule has 0 saturated heterocycles. The van der Waals surface area contributed by atoms with Crippen molar-refractivity contribution in [1.29, 1.82) is 0 Å². The van der Waals surface area contributed by atoms with Crippen molar-refractivity contribution in [3.8, 4) is 0 Å². The zero-order valence-electron chi connectivity index (χ0n) is 14.4. The van der Waals surface area contributed by atoms with Crippen LogP contribution in [-0.4, -0.2) is 14.5 Å². The molecule has 0 aliphatic carbocycles. The van der Waals surface area contributed by atoms with E-state index in [4.69, 9.17) is 16.6 Å². The second-order valence-electron chi connectivity index (χ2n) is 6.13. The Morgan fingerprint density at radius 1 is 1.00 bits per heavy atom. The zero-order chi connectivity index (χ0) is 18.6. The summed E-state index contributed by atoms with van der Waals surface area (Å²) in [6.45, 7) is 0.393. The van der Waals surface area contributed by atoms with Gasteiger partial charge < -0.3 is 0 Å². The van der Waals surface area contributed by atoms with E-state index in [2.05, 4.69) is 4.98 Å². The number of hydrogen-bond donors (Lipinski definition) is 0. The first-order chi connectivity index (χ1) is 13.2. The first kappa shape index (κ1) is 17.2. The maximum Gasteiger partial charge on any atom is 0.261 e. The maximum atomic E-state index is 13.1. The largest absolute Gasteiger partial charge is 0.288 e. The molecular formula is C22H16ClN3O. The first-order valence-corrected chi connectivity index (χ1v) is 8.91. The predicted octanol–water partition coefficient (Wildman–Crippen LogP) is 4.66. The molecule has 0 saturated carbocycles. The Morgan fingerprint density at radius 3 is 2.70 bits per heavy atom. The predicted molar refractivity (Wildman–Crippen MR) is 110 cm³/mol. The molecule has 0 spiro atoms. The minimum Gasteiger partial charge on any atom is -0.288 e. The van der Waals surface area contributed by atoms with Gasteiger partial charge in [0.25, 0.3) is 5.56 Å². The van der Waals surface area contributed by atoms with E-state index in [1.807, 2.05) is 66.7 Å². The average molecular weight is 374 g/mol. The summed E-state index contributed by atoms with van der Waals surface area (Å²) in [5, 5.41) is 1.24. The molecule has 0 amide bonds. The quantitative estimate of drug-likeness (QED) is 0.522. The van der Waals surface area contributed by atoms with Gasteiger partial charge in [-0.25, -0.2) is 4.98 Å². The highest BCUT2D eigenvalue weighted by molar-refractivity contribution is 6.30. The molecule has 27 heavy (non-hydrogen) atoms. The Balaban J connectivity index is 1.85. The number of fused-ring (bicyclic) bond motifs is 1. The van der Waals surface area contributed by atoms with Crippen LogP contribution in [0.2, 0.25) is 5.02 Å². The lowest BCUT2D eigenvalue weighted by Gasteiger charge is -2.12. The first-order valence-electron chi connectivity index (χ1n) is 8.53. The highest BCUT2D eigenvalue weighted by atomic mass is 35.5. The number of hydrogen-bond acceptors (Lipinski definition) is 3. The van der Waals surface area contributed by atoms with Crippen molar-refractivity contribution in [2.45, 2.75) is 6.54 Å². The molecule has 0 atom stereocenters. The van der Waals surface area contributed by atoms with Crippen molar-refractivity contribution in [3.63, 3.8) is 0 Å². The van der Waals surface area contributed by atoms with Gasteiger partial charge in [0.2, 0.25) is 0 Å². The van der Waals surface area contributed by atoms with Crippen molar-refractivity contribution < 1.29 is 0 Å². The lowest BCUT2D eigenvalue weighted by molar-refractivity contribution is 0.738. The standard InChI is InChI=1S/C22H16ClN3O/c23-18-7-3-5-17(13-18)15-26-21(11-10-16-6-4-12-24-14-16)25-20-9-2-1-8-19(20)22(26)27/h1-14H,15H2/b11-10+. The van der Waals surface area contributed by atoms with E-state index in [-0.39, 0.29) is 5.56 Å². The van der Waals surface area contributed by atoms with Gasteiger partial charge in [0, 0.05) is 17.4 Å². The molecule has 4 nitrogen and oxygen atoms in total. The van der Waals surface area contributed by atoms with Crippen molar-refractivity contribution in [3.05, 3.63) is 105 Å². The van der Waals surface area contributed by atoms with E-state index in [9.17, 15) is 4.79 Å². The molecule has 132 valence electrons. The summed E-state index contributed by atoms with van der Waals surface area (Å²) in [5.41, 5.74) is 2.48. The van der Waals surface area contributed by atoms with Gasteiger partial charge in [-0.2, -0.15) is 0 Å². The molecule has 0 unspecified atom stereocenters. The number of benzene rings is 2. The third kappa shape index (κ3) is 3.81. The highest BCUT2D eigenvalue weighted by Crippen LogP contribution is 2.15. The fraction of sp³-hybridized carbons (Fsp3) is 0.0455. The minimum absolute atomic E-state index is 0.0774. The van der Waals surface area contributed by atoms with Crippen LogP contribution in [0.25, 0.3) is 23.1 Å². The Labute approximate surface area is 161 Å². The van der Waals surface area contributed by atoms with Gasteiger partial charge in [-0.1, -0.05) is 41.9 Å². The van der Waals surface area contributed by atoms with Gasteiger partial charge in [0.1, 0.15) is 5.82 Å². The summed E-state index contributed by atoms with van der Waals surface area (Å²) < 4.78 is 1.67. The van der Waals surface area contributed by atoms with Crippen molar-refractivity contribution in [2.75, 3.05) is 0 Å². The molecule has 2 heterocycles. The smallest absolute Gasteiger partial charge is 0.261 e. The summed E-state index contributed by atoms with van der Waals surface area (Å²) in [4.78, 5) is 21.9. The van der Waals surface area contributed by atoms with E-state index in [0.29, 0.717) is 28.3 Å². The second-order valence-corrected chi connectivity index (χ2v) is 6.56. The van der Waals surface area contributed by atoms with E-state index >= 15 is 0 Å². The van der Waals surface area contributed by atoms with Crippen LogP contribution in [-0.2, 0) is 6.54 Å². The average Bonchev–Trinajstić information content (AvgIpc) is 2.70. The van der Waals surface area contributed by atoms with Crippen LogP contribution in [0.15, 0.2) is 77.9 Å². The third-order valence-corrected chi connectivity index (χ3v) is 4.47. The monoisotopic (exact) mass is 373 g/mol.